The molecule has 2 aromatic rings. The fraction of sp³-hybridized carbons (Fsp3) is 0.300. The molecular formula is C20H18N4O. The number of hydrogen-bond donors (Lipinski definition) is 0. The number of aromatic nitrogens is 2. The van der Waals surface area contributed by atoms with Crippen LogP contribution in [0, 0.1) is 18.3 Å². The van der Waals surface area contributed by atoms with Crippen LogP contribution in [0.2, 0.25) is 0 Å². The Hall–Kier alpha value is -3.00. The third kappa shape index (κ3) is 2.51. The molecule has 1 aliphatic heterocycles. The molecule has 0 saturated heterocycles. The van der Waals surface area contributed by atoms with Gasteiger partial charge >= 0.3 is 0 Å². The van der Waals surface area contributed by atoms with Crippen molar-refractivity contribution in [3.8, 4) is 11.8 Å². The molecule has 1 aliphatic carbocycles. The Morgan fingerprint density at radius 1 is 1.32 bits per heavy atom. The van der Waals surface area contributed by atoms with E-state index < -0.39 is 0 Å². The molecule has 0 fully saturated rings. The molecular weight excluding hydrogens is 312 g/mol. The highest BCUT2D eigenvalue weighted by Gasteiger charge is 2.25. The second-order valence-corrected chi connectivity index (χ2v) is 6.44. The van der Waals surface area contributed by atoms with Gasteiger partial charge in [-0.1, -0.05) is 6.08 Å². The lowest BCUT2D eigenvalue weighted by molar-refractivity contribution is 0.111. The minimum Gasteiger partial charge on any atom is -0.296 e. The van der Waals surface area contributed by atoms with E-state index in [0.29, 0.717) is 23.5 Å². The standard InChI is InChI=1S/C20H18N4O/c1-13-18(12-25)24-17-8-7-14(10-21)9-16(17)20(22-11-19(24)23-13)15-5-3-2-4-6-15/h5,7-9,12H,2-4,6,11H2,1H3. The number of fused-ring (bicyclic) bond motifs is 3. The number of carbonyl (C=O) groups is 1. The van der Waals surface area contributed by atoms with Gasteiger partial charge in [-0.2, -0.15) is 5.26 Å². The normalized spacial score (nSPS) is 16.0. The number of imidazole rings is 1. The summed E-state index contributed by atoms with van der Waals surface area (Å²) >= 11 is 0. The maximum absolute atomic E-state index is 11.6. The predicted molar refractivity (Wildman–Crippen MR) is 95.2 cm³/mol. The third-order valence-corrected chi connectivity index (χ3v) is 4.87. The van der Waals surface area contributed by atoms with Crippen LogP contribution < -0.4 is 0 Å². The molecule has 0 bridgehead atoms. The summed E-state index contributed by atoms with van der Waals surface area (Å²) in [6, 6.07) is 7.77. The first-order chi connectivity index (χ1) is 12.2. The van der Waals surface area contributed by atoms with Gasteiger partial charge in [-0.3, -0.25) is 14.4 Å². The van der Waals surface area contributed by atoms with E-state index in [-0.39, 0.29) is 0 Å². The molecule has 0 saturated carbocycles. The predicted octanol–water partition coefficient (Wildman–Crippen LogP) is 3.67. The molecule has 0 radical (unpaired) electrons. The number of nitriles is 1. The van der Waals surface area contributed by atoms with Gasteiger partial charge in [-0.05, 0) is 56.4 Å². The lowest BCUT2D eigenvalue weighted by Gasteiger charge is -2.17. The summed E-state index contributed by atoms with van der Waals surface area (Å²) in [5, 5.41) is 9.33. The van der Waals surface area contributed by atoms with E-state index in [1.165, 1.54) is 12.0 Å². The van der Waals surface area contributed by atoms with Crippen LogP contribution in [-0.4, -0.2) is 21.5 Å². The maximum Gasteiger partial charge on any atom is 0.168 e. The summed E-state index contributed by atoms with van der Waals surface area (Å²) < 4.78 is 1.89. The highest BCUT2D eigenvalue weighted by atomic mass is 16.1. The molecule has 0 unspecified atom stereocenters. The Bertz CT molecular complexity index is 972. The summed E-state index contributed by atoms with van der Waals surface area (Å²) in [6.07, 6.45) is 7.52. The number of carbonyl (C=O) groups excluding carboxylic acids is 1. The van der Waals surface area contributed by atoms with Crippen molar-refractivity contribution in [1.29, 1.82) is 5.26 Å². The van der Waals surface area contributed by atoms with E-state index in [2.05, 4.69) is 17.1 Å². The van der Waals surface area contributed by atoms with Gasteiger partial charge in [-0.25, -0.2) is 4.98 Å². The molecule has 4 rings (SSSR count). The summed E-state index contributed by atoms with van der Waals surface area (Å²) in [4.78, 5) is 21.0. The smallest absolute Gasteiger partial charge is 0.168 e. The van der Waals surface area contributed by atoms with E-state index in [1.54, 1.807) is 6.07 Å². The number of allylic oxidation sites excluding steroid dienone is 2. The molecule has 5 heteroatoms. The van der Waals surface area contributed by atoms with Crippen molar-refractivity contribution < 1.29 is 4.79 Å². The van der Waals surface area contributed by atoms with Crippen LogP contribution in [0.1, 0.15) is 58.8 Å². The Labute approximate surface area is 146 Å². The van der Waals surface area contributed by atoms with Gasteiger partial charge in [0.25, 0.3) is 0 Å². The molecule has 2 aliphatic rings. The molecule has 2 heterocycles. The van der Waals surface area contributed by atoms with E-state index >= 15 is 0 Å². The van der Waals surface area contributed by atoms with Crippen molar-refractivity contribution in [2.75, 3.05) is 0 Å². The number of nitrogens with zero attached hydrogens (tertiary/aromatic N) is 4. The van der Waals surface area contributed by atoms with Gasteiger partial charge in [0, 0.05) is 5.56 Å². The number of aliphatic imine (C=N–C) groups is 1. The fourth-order valence-electron chi connectivity index (χ4n) is 3.67. The number of aldehydes is 1. The van der Waals surface area contributed by atoms with Gasteiger partial charge in [0.1, 0.15) is 11.5 Å². The second kappa shape index (κ2) is 6.14. The Morgan fingerprint density at radius 3 is 2.92 bits per heavy atom. The summed E-state index contributed by atoms with van der Waals surface area (Å²) in [7, 11) is 0. The molecule has 124 valence electrons. The van der Waals surface area contributed by atoms with Crippen LogP contribution in [-0.2, 0) is 6.54 Å². The number of benzene rings is 1. The van der Waals surface area contributed by atoms with Crippen LogP contribution >= 0.6 is 0 Å². The minimum absolute atomic E-state index is 0.428. The largest absolute Gasteiger partial charge is 0.296 e. The van der Waals surface area contributed by atoms with Crippen LogP contribution in [0.3, 0.4) is 0 Å². The average molecular weight is 330 g/mol. The molecule has 0 spiro atoms. The van der Waals surface area contributed by atoms with E-state index in [1.807, 2.05) is 23.6 Å². The first-order valence-corrected chi connectivity index (χ1v) is 8.55. The number of aryl methyl sites for hydroxylation is 1. The van der Waals surface area contributed by atoms with Crippen molar-refractivity contribution in [2.24, 2.45) is 4.99 Å². The molecule has 0 N–H and O–H groups in total. The van der Waals surface area contributed by atoms with Crippen LogP contribution in [0.25, 0.3) is 5.69 Å². The SMILES string of the molecule is Cc1nc2n(c1C=O)-c1ccc(C#N)cc1C(C1=CCCCC1)=NC2. The molecule has 1 aromatic heterocycles. The zero-order valence-corrected chi connectivity index (χ0v) is 14.1. The number of hydrogen-bond acceptors (Lipinski definition) is 4. The lowest BCUT2D eigenvalue weighted by Crippen LogP contribution is -2.12. The molecule has 0 amide bonds. The quantitative estimate of drug-likeness (QED) is 0.789. The summed E-state index contributed by atoms with van der Waals surface area (Å²) in [5.41, 5.74) is 5.80. The van der Waals surface area contributed by atoms with Gasteiger partial charge in [-0.15, -0.1) is 0 Å². The highest BCUT2D eigenvalue weighted by molar-refractivity contribution is 6.15. The Kier molecular flexibility index (Phi) is 3.81. The average Bonchev–Trinajstić information content (AvgIpc) is 2.89. The van der Waals surface area contributed by atoms with Gasteiger partial charge in [0.05, 0.1) is 35.3 Å². The van der Waals surface area contributed by atoms with E-state index in [4.69, 9.17) is 4.99 Å². The molecule has 0 atom stereocenters. The van der Waals surface area contributed by atoms with Crippen LogP contribution in [0.5, 0.6) is 0 Å². The monoisotopic (exact) mass is 330 g/mol. The number of rotatable bonds is 2. The second-order valence-electron chi connectivity index (χ2n) is 6.44. The van der Waals surface area contributed by atoms with Crippen LogP contribution in [0.15, 0.2) is 34.8 Å². The van der Waals surface area contributed by atoms with Crippen molar-refractivity contribution in [3.63, 3.8) is 0 Å². The van der Waals surface area contributed by atoms with E-state index in [0.717, 1.165) is 48.3 Å². The van der Waals surface area contributed by atoms with Crippen molar-refractivity contribution >= 4 is 12.0 Å². The van der Waals surface area contributed by atoms with Crippen molar-refractivity contribution in [1.82, 2.24) is 9.55 Å². The Balaban J connectivity index is 1.99. The third-order valence-electron chi connectivity index (χ3n) is 4.87. The Morgan fingerprint density at radius 2 is 2.20 bits per heavy atom. The highest BCUT2D eigenvalue weighted by Crippen LogP contribution is 2.30. The first-order valence-electron chi connectivity index (χ1n) is 8.55. The first kappa shape index (κ1) is 15.5. The van der Waals surface area contributed by atoms with Crippen LogP contribution in [0.4, 0.5) is 0 Å². The zero-order chi connectivity index (χ0) is 17.4. The zero-order valence-electron chi connectivity index (χ0n) is 14.1. The minimum atomic E-state index is 0.428. The topological polar surface area (TPSA) is 71.0 Å². The van der Waals surface area contributed by atoms with Gasteiger partial charge in [0.2, 0.25) is 0 Å². The van der Waals surface area contributed by atoms with E-state index in [9.17, 15) is 10.1 Å². The molecule has 1 aromatic carbocycles. The molecule has 25 heavy (non-hydrogen) atoms. The lowest BCUT2D eigenvalue weighted by atomic mass is 9.91. The maximum atomic E-state index is 11.6. The summed E-state index contributed by atoms with van der Waals surface area (Å²) in [6.45, 7) is 2.26. The van der Waals surface area contributed by atoms with Crippen molar-refractivity contribution in [2.45, 2.75) is 39.2 Å². The van der Waals surface area contributed by atoms with Gasteiger partial charge < -0.3 is 0 Å². The van der Waals surface area contributed by atoms with Crippen molar-refractivity contribution in [3.05, 3.63) is 58.2 Å². The summed E-state index contributed by atoms with van der Waals surface area (Å²) in [5.74, 6) is 0.761. The fourth-order valence-corrected chi connectivity index (χ4v) is 3.67. The molecule has 5 nitrogen and oxygen atoms in total. The van der Waals surface area contributed by atoms with Gasteiger partial charge in [0.15, 0.2) is 6.29 Å².